The van der Waals surface area contributed by atoms with E-state index in [9.17, 15) is 23.2 Å². The number of amides is 1. The smallest absolute Gasteiger partial charge is 0.441 e. The van der Waals surface area contributed by atoms with Crippen molar-refractivity contribution in [3.05, 3.63) is 41.2 Å². The number of carbonyl (C=O) groups excluding carboxylic acids is 1. The fraction of sp³-hybridized carbons (Fsp3) is 0.389. The molecule has 174 valence electrons. The van der Waals surface area contributed by atoms with E-state index in [0.717, 1.165) is 12.1 Å². The summed E-state index contributed by atoms with van der Waals surface area (Å²) in [6.45, 7) is 0.727. The molecule has 1 unspecified atom stereocenters. The van der Waals surface area contributed by atoms with Crippen LogP contribution < -0.4 is 15.5 Å². The second kappa shape index (κ2) is 9.02. The lowest BCUT2D eigenvalue weighted by molar-refractivity contribution is -0.274. The van der Waals surface area contributed by atoms with Crippen molar-refractivity contribution in [1.82, 2.24) is 30.6 Å². The number of alkyl halides is 3. The zero-order chi connectivity index (χ0) is 23.6. The van der Waals surface area contributed by atoms with E-state index in [1.165, 1.54) is 12.3 Å². The van der Waals surface area contributed by atoms with Crippen molar-refractivity contribution in [3.63, 3.8) is 0 Å². The molecule has 0 aliphatic carbocycles. The van der Waals surface area contributed by atoms with Crippen molar-refractivity contribution in [2.45, 2.75) is 37.6 Å². The van der Waals surface area contributed by atoms with Gasteiger partial charge in [-0.3, -0.25) is 14.9 Å². The molecule has 1 fully saturated rings. The van der Waals surface area contributed by atoms with Gasteiger partial charge in [-0.05, 0) is 24.6 Å². The Morgan fingerprint density at radius 1 is 1.45 bits per heavy atom. The maximum absolute atomic E-state index is 12.6. The summed E-state index contributed by atoms with van der Waals surface area (Å²) in [5.41, 5.74) is 2.50. The standard InChI is InChI=1S/C18H16ClF3N8O3/c19-14-2-1-12(33-18(20,21)22)6-13(14)16-26-27-17(32-16)15(31)25-10-5-11(29(7-10)9-23)8-30-4-3-24-28-30/h1-4,6,10-11,17,27H,5,7-8H2,(H,25,31)/t10-,11+,17?/m1/s1. The fourth-order valence-corrected chi connectivity index (χ4v) is 3.72. The van der Waals surface area contributed by atoms with E-state index in [2.05, 4.69) is 37.1 Å². The molecule has 15 heteroatoms. The first-order chi connectivity index (χ1) is 15.7. The zero-order valence-corrected chi connectivity index (χ0v) is 17.4. The second-order valence-electron chi connectivity index (χ2n) is 7.21. The highest BCUT2D eigenvalue weighted by Crippen LogP contribution is 2.28. The summed E-state index contributed by atoms with van der Waals surface area (Å²) in [4.78, 5) is 14.2. The monoisotopic (exact) mass is 484 g/mol. The molecule has 11 nitrogen and oxygen atoms in total. The lowest BCUT2D eigenvalue weighted by Gasteiger charge is -2.16. The highest BCUT2D eigenvalue weighted by Gasteiger charge is 2.36. The predicted octanol–water partition coefficient (Wildman–Crippen LogP) is 1.18. The number of nitriles is 1. The molecule has 4 rings (SSSR count). The second-order valence-corrected chi connectivity index (χ2v) is 7.61. The molecule has 1 aromatic heterocycles. The van der Waals surface area contributed by atoms with E-state index in [4.69, 9.17) is 16.3 Å². The lowest BCUT2D eigenvalue weighted by Crippen LogP contribution is -2.46. The minimum Gasteiger partial charge on any atom is -0.441 e. The van der Waals surface area contributed by atoms with Crippen LogP contribution in [0, 0.1) is 11.5 Å². The minimum absolute atomic E-state index is 0.0191. The van der Waals surface area contributed by atoms with Crippen LogP contribution in [0.1, 0.15) is 12.0 Å². The van der Waals surface area contributed by atoms with Crippen LogP contribution in [0.2, 0.25) is 5.02 Å². The summed E-state index contributed by atoms with van der Waals surface area (Å²) in [7, 11) is 0. The fourth-order valence-electron chi connectivity index (χ4n) is 3.52. The van der Waals surface area contributed by atoms with Crippen LogP contribution >= 0.6 is 11.6 Å². The van der Waals surface area contributed by atoms with Crippen LogP contribution in [0.5, 0.6) is 5.75 Å². The number of halogens is 4. The Balaban J connectivity index is 1.35. The van der Waals surface area contributed by atoms with Gasteiger partial charge in [-0.2, -0.15) is 5.26 Å². The average molecular weight is 485 g/mol. The van der Waals surface area contributed by atoms with Gasteiger partial charge in [0.15, 0.2) is 6.19 Å². The van der Waals surface area contributed by atoms with Crippen LogP contribution in [0.25, 0.3) is 0 Å². The third-order valence-electron chi connectivity index (χ3n) is 4.91. The van der Waals surface area contributed by atoms with Crippen LogP contribution in [0.4, 0.5) is 13.2 Å². The number of benzene rings is 1. The topological polar surface area (TPSA) is 130 Å². The van der Waals surface area contributed by atoms with E-state index in [-0.39, 0.29) is 28.6 Å². The van der Waals surface area contributed by atoms with Gasteiger partial charge in [0.2, 0.25) is 5.90 Å². The third-order valence-corrected chi connectivity index (χ3v) is 5.24. The van der Waals surface area contributed by atoms with Crippen LogP contribution in [-0.4, -0.2) is 62.9 Å². The van der Waals surface area contributed by atoms with Crippen molar-refractivity contribution >= 4 is 23.4 Å². The molecule has 3 heterocycles. The number of hydrogen-bond donors (Lipinski definition) is 2. The van der Waals surface area contributed by atoms with Gasteiger partial charge >= 0.3 is 6.36 Å². The number of nitrogens with zero attached hydrogens (tertiary/aromatic N) is 6. The van der Waals surface area contributed by atoms with Crippen LogP contribution in [-0.2, 0) is 16.1 Å². The molecule has 0 bridgehead atoms. The van der Waals surface area contributed by atoms with E-state index >= 15 is 0 Å². The van der Waals surface area contributed by atoms with Crippen LogP contribution in [0.3, 0.4) is 0 Å². The maximum atomic E-state index is 12.6. The molecule has 0 saturated carbocycles. The van der Waals surface area contributed by atoms with Crippen molar-refractivity contribution in [2.24, 2.45) is 5.10 Å². The number of carbonyl (C=O) groups is 1. The number of hydrazone groups is 1. The minimum atomic E-state index is -4.88. The summed E-state index contributed by atoms with van der Waals surface area (Å²) in [6, 6.07) is 2.73. The summed E-state index contributed by atoms with van der Waals surface area (Å²) >= 11 is 6.04. The van der Waals surface area contributed by atoms with Gasteiger partial charge in [0.1, 0.15) is 5.75 Å². The quantitative estimate of drug-likeness (QED) is 0.585. The van der Waals surface area contributed by atoms with Gasteiger partial charge in [-0.25, -0.2) is 0 Å². The molecule has 3 atom stereocenters. The number of nitrogens with one attached hydrogen (secondary N) is 2. The number of rotatable bonds is 6. The number of likely N-dealkylation sites (tertiary alicyclic amines) is 1. The van der Waals surface area contributed by atoms with Crippen LogP contribution in [0.15, 0.2) is 35.7 Å². The number of aromatic nitrogens is 3. The molecule has 2 N–H and O–H groups in total. The molecule has 1 saturated heterocycles. The van der Waals surface area contributed by atoms with Gasteiger partial charge in [0, 0.05) is 18.8 Å². The molecule has 0 radical (unpaired) electrons. The molecule has 2 aliphatic heterocycles. The Labute approximate surface area is 189 Å². The van der Waals surface area contributed by atoms with E-state index in [1.807, 2.05) is 0 Å². The highest BCUT2D eigenvalue weighted by atomic mass is 35.5. The van der Waals surface area contributed by atoms with Crippen molar-refractivity contribution in [1.29, 1.82) is 5.26 Å². The molecule has 1 aromatic carbocycles. The maximum Gasteiger partial charge on any atom is 0.573 e. The third kappa shape index (κ3) is 5.37. The molecular weight excluding hydrogens is 469 g/mol. The molecule has 2 aliphatic rings. The Bertz CT molecular complexity index is 1090. The summed E-state index contributed by atoms with van der Waals surface area (Å²) < 4.78 is 48.4. The van der Waals surface area contributed by atoms with Crippen molar-refractivity contribution in [3.8, 4) is 11.9 Å². The number of ether oxygens (including phenoxy) is 2. The molecule has 1 amide bonds. The summed E-state index contributed by atoms with van der Waals surface area (Å²) in [6.07, 6.45) is -0.313. The van der Waals surface area contributed by atoms with Gasteiger partial charge in [-0.1, -0.05) is 16.8 Å². The van der Waals surface area contributed by atoms with E-state index in [0.29, 0.717) is 19.5 Å². The first kappa shape index (κ1) is 22.5. The predicted molar refractivity (Wildman–Crippen MR) is 105 cm³/mol. The first-order valence-electron chi connectivity index (χ1n) is 9.58. The lowest BCUT2D eigenvalue weighted by atomic mass is 10.1. The van der Waals surface area contributed by atoms with Crippen molar-refractivity contribution in [2.75, 3.05) is 6.54 Å². The molecule has 2 aromatic rings. The van der Waals surface area contributed by atoms with Gasteiger partial charge in [0.25, 0.3) is 12.1 Å². The number of hydrogen-bond acceptors (Lipinski definition) is 9. The molecule has 33 heavy (non-hydrogen) atoms. The molecule has 0 spiro atoms. The Hall–Kier alpha value is -3.73. The Morgan fingerprint density at radius 2 is 2.27 bits per heavy atom. The summed E-state index contributed by atoms with van der Waals surface area (Å²) in [5.74, 6) is -1.24. The first-order valence-corrected chi connectivity index (χ1v) is 9.96. The largest absolute Gasteiger partial charge is 0.573 e. The van der Waals surface area contributed by atoms with E-state index in [1.54, 1.807) is 15.8 Å². The Kier molecular flexibility index (Phi) is 6.14. The molecular formula is C18H16ClF3N8O3. The average Bonchev–Trinajstić information content (AvgIpc) is 3.50. The highest BCUT2D eigenvalue weighted by molar-refractivity contribution is 6.34. The Morgan fingerprint density at radius 3 is 2.97 bits per heavy atom. The zero-order valence-electron chi connectivity index (χ0n) is 16.7. The van der Waals surface area contributed by atoms with Gasteiger partial charge in [0.05, 0.1) is 29.4 Å². The van der Waals surface area contributed by atoms with E-state index < -0.39 is 24.2 Å². The summed E-state index contributed by atoms with van der Waals surface area (Å²) in [5, 5.41) is 23.7. The normalized spacial score (nSPS) is 22.2. The van der Waals surface area contributed by atoms with Gasteiger partial charge in [-0.15, -0.1) is 23.4 Å². The SMILES string of the molecule is N#CN1C[C@H](NC(=O)C2NN=C(c3cc(OC(F)(F)F)ccc3Cl)O2)C[C@H]1Cn1ccnn1. The van der Waals surface area contributed by atoms with Gasteiger partial charge < -0.3 is 19.7 Å². The van der Waals surface area contributed by atoms with Crippen molar-refractivity contribution < 1.29 is 27.4 Å².